The van der Waals surface area contributed by atoms with Crippen molar-refractivity contribution in [2.24, 2.45) is 11.7 Å². The lowest BCUT2D eigenvalue weighted by atomic mass is 9.99. The topological polar surface area (TPSA) is 58.4 Å². The maximum absolute atomic E-state index is 12.3. The highest BCUT2D eigenvalue weighted by Crippen LogP contribution is 2.27. The maximum Gasteiger partial charge on any atom is 0.224 e. The zero-order chi connectivity index (χ0) is 15.4. The highest BCUT2D eigenvalue weighted by molar-refractivity contribution is 5.91. The molecule has 1 aromatic carbocycles. The summed E-state index contributed by atoms with van der Waals surface area (Å²) >= 11 is 0. The van der Waals surface area contributed by atoms with E-state index < -0.39 is 0 Å². The minimum Gasteiger partial charge on any atom is -0.327 e. The number of hydrogen-bond donors (Lipinski definition) is 2. The third-order valence-electron chi connectivity index (χ3n) is 4.19. The van der Waals surface area contributed by atoms with Crippen LogP contribution in [0.1, 0.15) is 36.8 Å². The average Bonchev–Trinajstić information content (AvgIpc) is 2.78. The van der Waals surface area contributed by atoms with E-state index in [2.05, 4.69) is 23.2 Å². The number of nitrogens with one attached hydrogen (secondary N) is 1. The second-order valence-electron chi connectivity index (χ2n) is 6.51. The van der Waals surface area contributed by atoms with Crippen LogP contribution in [0.3, 0.4) is 0 Å². The lowest BCUT2D eigenvalue weighted by molar-refractivity contribution is -0.117. The van der Waals surface area contributed by atoms with Gasteiger partial charge >= 0.3 is 0 Å². The monoisotopic (exact) mass is 289 g/mol. The summed E-state index contributed by atoms with van der Waals surface area (Å²) in [5.74, 6) is 0.425. The molecule has 4 nitrogen and oxygen atoms in total. The molecule has 0 radical (unpaired) electrons. The van der Waals surface area contributed by atoms with Crippen LogP contribution < -0.4 is 11.1 Å². The van der Waals surface area contributed by atoms with Gasteiger partial charge < -0.3 is 16.0 Å². The number of nitrogens with two attached hydrogens (primary N) is 1. The Kier molecular flexibility index (Phi) is 5.37. The van der Waals surface area contributed by atoms with Crippen molar-refractivity contribution in [1.82, 2.24) is 4.90 Å². The molecule has 2 atom stereocenters. The van der Waals surface area contributed by atoms with E-state index in [-0.39, 0.29) is 11.9 Å². The van der Waals surface area contributed by atoms with Crippen LogP contribution in [0.4, 0.5) is 5.69 Å². The molecule has 0 heterocycles. The minimum atomic E-state index is 0.0845. The number of hydrogen-bond acceptors (Lipinski definition) is 3. The SMILES string of the molecule is Cc1ccc(NC(=O)C[C@@H]2CCC[C@H]2N)c(CN(C)C)c1. The predicted molar refractivity (Wildman–Crippen MR) is 87.1 cm³/mol. The number of carbonyl (C=O) groups excluding carboxylic acids is 1. The highest BCUT2D eigenvalue weighted by Gasteiger charge is 2.26. The van der Waals surface area contributed by atoms with Gasteiger partial charge in [-0.25, -0.2) is 0 Å². The van der Waals surface area contributed by atoms with E-state index in [9.17, 15) is 4.79 Å². The van der Waals surface area contributed by atoms with Crippen molar-refractivity contribution in [2.45, 2.75) is 45.2 Å². The van der Waals surface area contributed by atoms with Gasteiger partial charge in [-0.15, -0.1) is 0 Å². The molecule has 2 rings (SSSR count). The highest BCUT2D eigenvalue weighted by atomic mass is 16.1. The van der Waals surface area contributed by atoms with Gasteiger partial charge in [-0.2, -0.15) is 0 Å². The van der Waals surface area contributed by atoms with Crippen LogP contribution in [0.25, 0.3) is 0 Å². The Morgan fingerprint density at radius 2 is 2.14 bits per heavy atom. The van der Waals surface area contributed by atoms with E-state index in [0.717, 1.165) is 37.1 Å². The molecule has 1 amide bonds. The lowest BCUT2D eigenvalue weighted by Crippen LogP contribution is -2.28. The zero-order valence-corrected chi connectivity index (χ0v) is 13.4. The molecule has 1 aliphatic carbocycles. The van der Waals surface area contributed by atoms with Crippen LogP contribution in [0.5, 0.6) is 0 Å². The Morgan fingerprint density at radius 3 is 2.76 bits per heavy atom. The molecule has 0 aliphatic heterocycles. The van der Waals surface area contributed by atoms with Gasteiger partial charge in [-0.3, -0.25) is 4.79 Å². The predicted octanol–water partition coefficient (Wildman–Crippen LogP) is 2.51. The normalized spacial score (nSPS) is 21.8. The third kappa shape index (κ3) is 4.55. The van der Waals surface area contributed by atoms with Crippen molar-refractivity contribution >= 4 is 11.6 Å². The van der Waals surface area contributed by atoms with Gasteiger partial charge in [0.2, 0.25) is 5.91 Å². The first-order valence-corrected chi connectivity index (χ1v) is 7.75. The minimum absolute atomic E-state index is 0.0845. The quantitative estimate of drug-likeness (QED) is 0.875. The van der Waals surface area contributed by atoms with Gasteiger partial charge in [-0.05, 0) is 51.4 Å². The van der Waals surface area contributed by atoms with Crippen molar-refractivity contribution in [3.63, 3.8) is 0 Å². The van der Waals surface area contributed by atoms with Gasteiger partial charge in [0, 0.05) is 24.7 Å². The number of rotatable bonds is 5. The van der Waals surface area contributed by atoms with Crippen LogP contribution >= 0.6 is 0 Å². The molecular weight excluding hydrogens is 262 g/mol. The first kappa shape index (κ1) is 16.0. The van der Waals surface area contributed by atoms with Gasteiger partial charge in [0.25, 0.3) is 0 Å². The molecule has 3 N–H and O–H groups in total. The van der Waals surface area contributed by atoms with Crippen LogP contribution in [-0.2, 0) is 11.3 Å². The van der Waals surface area contributed by atoms with Gasteiger partial charge in [0.05, 0.1) is 0 Å². The van der Waals surface area contributed by atoms with Crippen LogP contribution in [0.2, 0.25) is 0 Å². The summed E-state index contributed by atoms with van der Waals surface area (Å²) in [6, 6.07) is 6.36. The number of nitrogens with zero attached hydrogens (tertiary/aromatic N) is 1. The molecule has 0 aromatic heterocycles. The Hall–Kier alpha value is -1.39. The second kappa shape index (κ2) is 7.05. The van der Waals surface area contributed by atoms with Gasteiger partial charge in [-0.1, -0.05) is 24.1 Å². The number of carbonyl (C=O) groups is 1. The summed E-state index contributed by atoms with van der Waals surface area (Å²) in [7, 11) is 4.07. The summed E-state index contributed by atoms with van der Waals surface area (Å²) in [6.45, 7) is 2.89. The smallest absolute Gasteiger partial charge is 0.224 e. The van der Waals surface area contributed by atoms with E-state index in [4.69, 9.17) is 5.73 Å². The van der Waals surface area contributed by atoms with E-state index in [1.807, 2.05) is 26.2 Å². The zero-order valence-electron chi connectivity index (χ0n) is 13.4. The second-order valence-corrected chi connectivity index (χ2v) is 6.51. The van der Waals surface area contributed by atoms with Crippen molar-refractivity contribution in [3.8, 4) is 0 Å². The Labute approximate surface area is 127 Å². The van der Waals surface area contributed by atoms with Crippen LogP contribution in [-0.4, -0.2) is 30.9 Å². The van der Waals surface area contributed by atoms with Gasteiger partial charge in [0.1, 0.15) is 0 Å². The molecule has 0 saturated heterocycles. The average molecular weight is 289 g/mol. The lowest BCUT2D eigenvalue weighted by Gasteiger charge is -2.18. The molecule has 21 heavy (non-hydrogen) atoms. The summed E-state index contributed by atoms with van der Waals surface area (Å²) in [5, 5.41) is 3.07. The van der Waals surface area contributed by atoms with Gasteiger partial charge in [0.15, 0.2) is 0 Å². The molecule has 0 spiro atoms. The van der Waals surface area contributed by atoms with Crippen molar-refractivity contribution in [1.29, 1.82) is 0 Å². The van der Waals surface area contributed by atoms with E-state index in [1.54, 1.807) is 0 Å². The fourth-order valence-electron chi connectivity index (χ4n) is 3.07. The molecule has 4 heteroatoms. The molecule has 1 aliphatic rings. The molecule has 1 aromatic rings. The van der Waals surface area contributed by atoms with E-state index >= 15 is 0 Å². The number of amides is 1. The fraction of sp³-hybridized carbons (Fsp3) is 0.588. The summed E-state index contributed by atoms with van der Waals surface area (Å²) < 4.78 is 0. The summed E-state index contributed by atoms with van der Waals surface area (Å²) in [5.41, 5.74) is 9.34. The molecular formula is C17H27N3O. The first-order chi connectivity index (χ1) is 9.95. The maximum atomic E-state index is 12.3. The molecule has 0 unspecified atom stereocenters. The summed E-state index contributed by atoms with van der Waals surface area (Å²) in [6.07, 6.45) is 3.81. The number of benzene rings is 1. The van der Waals surface area contributed by atoms with E-state index in [1.165, 1.54) is 5.56 Å². The fourth-order valence-corrected chi connectivity index (χ4v) is 3.07. The molecule has 0 bridgehead atoms. The molecule has 1 saturated carbocycles. The standard InChI is InChI=1S/C17H27N3O/c1-12-7-8-16(14(9-12)11-20(2)3)19-17(21)10-13-5-4-6-15(13)18/h7-9,13,15H,4-6,10-11,18H2,1-3H3,(H,19,21)/t13-,15+/m0/s1. The largest absolute Gasteiger partial charge is 0.327 e. The Balaban J connectivity index is 2.02. The molecule has 1 fully saturated rings. The first-order valence-electron chi connectivity index (χ1n) is 7.75. The summed E-state index contributed by atoms with van der Waals surface area (Å²) in [4.78, 5) is 14.4. The van der Waals surface area contributed by atoms with Crippen LogP contribution in [0, 0.1) is 12.8 Å². The third-order valence-corrected chi connectivity index (χ3v) is 4.19. The Bertz CT molecular complexity index is 499. The number of anilines is 1. The van der Waals surface area contributed by atoms with Crippen molar-refractivity contribution in [2.75, 3.05) is 19.4 Å². The number of aryl methyl sites for hydroxylation is 1. The molecule has 116 valence electrons. The van der Waals surface area contributed by atoms with Crippen molar-refractivity contribution < 1.29 is 4.79 Å². The van der Waals surface area contributed by atoms with Crippen LogP contribution in [0.15, 0.2) is 18.2 Å². The van der Waals surface area contributed by atoms with E-state index in [0.29, 0.717) is 12.3 Å². The Morgan fingerprint density at radius 1 is 1.38 bits per heavy atom. The van der Waals surface area contributed by atoms with Crippen molar-refractivity contribution in [3.05, 3.63) is 29.3 Å².